The summed E-state index contributed by atoms with van der Waals surface area (Å²) in [5, 5.41) is 2.75. The van der Waals surface area contributed by atoms with Crippen molar-refractivity contribution in [2.24, 2.45) is 0 Å². The van der Waals surface area contributed by atoms with E-state index in [1.54, 1.807) is 54.6 Å². The Labute approximate surface area is 171 Å². The van der Waals surface area contributed by atoms with Gasteiger partial charge < -0.3 is 5.32 Å². The first-order valence-electron chi connectivity index (χ1n) is 9.07. The van der Waals surface area contributed by atoms with Crippen LogP contribution in [0.5, 0.6) is 0 Å². The highest BCUT2D eigenvalue weighted by atomic mass is 32.2. The van der Waals surface area contributed by atoms with E-state index >= 15 is 0 Å². The molecule has 3 rings (SSSR count). The Morgan fingerprint density at radius 2 is 1.28 bits per heavy atom. The molecule has 0 fully saturated rings. The van der Waals surface area contributed by atoms with Gasteiger partial charge in [-0.1, -0.05) is 47.5 Å². The summed E-state index contributed by atoms with van der Waals surface area (Å²) in [5.41, 5.74) is 4.07. The van der Waals surface area contributed by atoms with Gasteiger partial charge in [-0.3, -0.25) is 9.52 Å². The minimum Gasteiger partial charge on any atom is -0.323 e. The number of nitrogens with one attached hydrogen (secondary N) is 2. The predicted molar refractivity (Wildman–Crippen MR) is 117 cm³/mol. The van der Waals surface area contributed by atoms with Crippen molar-refractivity contribution < 1.29 is 13.2 Å². The van der Waals surface area contributed by atoms with Gasteiger partial charge in [-0.2, -0.15) is 0 Å². The number of hydrogen-bond acceptors (Lipinski definition) is 3. The van der Waals surface area contributed by atoms with Crippen molar-refractivity contribution in [3.8, 4) is 0 Å². The van der Waals surface area contributed by atoms with Crippen LogP contribution >= 0.6 is 0 Å². The molecule has 1 amide bonds. The molecule has 0 radical (unpaired) electrons. The number of anilines is 2. The quantitative estimate of drug-likeness (QED) is 0.580. The van der Waals surface area contributed by atoms with E-state index in [1.165, 1.54) is 6.08 Å². The van der Waals surface area contributed by atoms with Crippen LogP contribution < -0.4 is 10.0 Å². The molecule has 3 aromatic rings. The highest BCUT2D eigenvalue weighted by molar-refractivity contribution is 7.92. The zero-order valence-corrected chi connectivity index (χ0v) is 17.0. The molecule has 3 aromatic carbocycles. The van der Waals surface area contributed by atoms with E-state index in [0.717, 1.165) is 16.7 Å². The average Bonchev–Trinajstić information content (AvgIpc) is 2.69. The third-order valence-electron chi connectivity index (χ3n) is 4.24. The molecule has 0 aliphatic carbocycles. The van der Waals surface area contributed by atoms with Crippen LogP contribution in [-0.2, 0) is 14.8 Å². The molecule has 0 saturated carbocycles. The lowest BCUT2D eigenvalue weighted by atomic mass is 10.1. The molecule has 148 valence electrons. The van der Waals surface area contributed by atoms with Gasteiger partial charge in [0.25, 0.3) is 10.0 Å². The smallest absolute Gasteiger partial charge is 0.261 e. The van der Waals surface area contributed by atoms with Crippen molar-refractivity contribution in [2.75, 3.05) is 10.0 Å². The summed E-state index contributed by atoms with van der Waals surface area (Å²) in [6.45, 7) is 3.90. The Morgan fingerprint density at radius 3 is 1.86 bits per heavy atom. The van der Waals surface area contributed by atoms with Gasteiger partial charge in [0.2, 0.25) is 5.91 Å². The summed E-state index contributed by atoms with van der Waals surface area (Å²) >= 11 is 0. The maximum absolute atomic E-state index is 12.4. The fourth-order valence-corrected chi connectivity index (χ4v) is 3.65. The van der Waals surface area contributed by atoms with Crippen molar-refractivity contribution in [2.45, 2.75) is 18.7 Å². The van der Waals surface area contributed by atoms with Crippen molar-refractivity contribution in [1.82, 2.24) is 0 Å². The first-order chi connectivity index (χ1) is 13.8. The molecule has 0 atom stereocenters. The highest BCUT2D eigenvalue weighted by Gasteiger charge is 2.13. The van der Waals surface area contributed by atoms with Crippen LogP contribution in [0, 0.1) is 13.8 Å². The third-order valence-corrected chi connectivity index (χ3v) is 5.64. The Balaban J connectivity index is 1.61. The van der Waals surface area contributed by atoms with Gasteiger partial charge in [0, 0.05) is 17.5 Å². The molecule has 0 heterocycles. The maximum Gasteiger partial charge on any atom is 0.261 e. The number of carbonyl (C=O) groups excluding carboxylic acids is 1. The lowest BCUT2D eigenvalue weighted by Crippen LogP contribution is -2.13. The van der Waals surface area contributed by atoms with Crippen molar-refractivity contribution in [3.63, 3.8) is 0 Å². The van der Waals surface area contributed by atoms with Gasteiger partial charge in [-0.25, -0.2) is 8.42 Å². The van der Waals surface area contributed by atoms with Gasteiger partial charge in [-0.15, -0.1) is 0 Å². The Morgan fingerprint density at radius 1 is 0.759 bits per heavy atom. The molecule has 5 nitrogen and oxygen atoms in total. The largest absolute Gasteiger partial charge is 0.323 e. The second-order valence-electron chi connectivity index (χ2n) is 6.73. The fourth-order valence-electron chi connectivity index (χ4n) is 2.59. The molecule has 0 aromatic heterocycles. The lowest BCUT2D eigenvalue weighted by Gasteiger charge is -2.09. The number of hydrogen-bond donors (Lipinski definition) is 2. The molecule has 6 heteroatoms. The summed E-state index contributed by atoms with van der Waals surface area (Å²) in [6.07, 6.45) is 3.19. The normalized spacial score (nSPS) is 11.4. The van der Waals surface area contributed by atoms with Crippen molar-refractivity contribution in [1.29, 1.82) is 0 Å². The Kier molecular flexibility index (Phi) is 6.14. The van der Waals surface area contributed by atoms with Crippen LogP contribution in [0.4, 0.5) is 11.4 Å². The highest BCUT2D eigenvalue weighted by Crippen LogP contribution is 2.19. The molecular formula is C23H22N2O3S. The van der Waals surface area contributed by atoms with E-state index in [1.807, 2.05) is 38.1 Å². The maximum atomic E-state index is 12.4. The van der Waals surface area contributed by atoms with Crippen LogP contribution in [-0.4, -0.2) is 14.3 Å². The van der Waals surface area contributed by atoms with Crippen LogP contribution in [0.25, 0.3) is 6.08 Å². The summed E-state index contributed by atoms with van der Waals surface area (Å²) in [5.74, 6) is -0.265. The number of amides is 1. The van der Waals surface area contributed by atoms with Gasteiger partial charge in [-0.05, 0) is 61.9 Å². The Bertz CT molecular complexity index is 1120. The number of aryl methyl sites for hydroxylation is 2. The summed E-state index contributed by atoms with van der Waals surface area (Å²) in [7, 11) is -3.66. The monoisotopic (exact) mass is 406 g/mol. The average molecular weight is 407 g/mol. The lowest BCUT2D eigenvalue weighted by molar-refractivity contribution is -0.111. The molecule has 0 aliphatic heterocycles. The predicted octanol–water partition coefficient (Wildman–Crippen LogP) is 4.76. The van der Waals surface area contributed by atoms with Gasteiger partial charge in [0.15, 0.2) is 0 Å². The standard InChI is InChI=1S/C23H22N2O3S/c1-17-3-7-19(8-4-17)9-16-23(26)24-20-10-12-21(13-11-20)25-29(27,28)22-14-5-18(2)6-15-22/h3-16,25H,1-2H3,(H,24,26)/b16-9+. The van der Waals surface area contributed by atoms with Crippen molar-refractivity contribution >= 4 is 33.4 Å². The SMILES string of the molecule is Cc1ccc(/C=C/C(=O)Nc2ccc(NS(=O)(=O)c3ccc(C)cc3)cc2)cc1. The van der Waals surface area contributed by atoms with E-state index in [4.69, 9.17) is 0 Å². The zero-order chi connectivity index (χ0) is 20.9. The van der Waals surface area contributed by atoms with Crippen LogP contribution in [0.3, 0.4) is 0 Å². The van der Waals surface area contributed by atoms with Gasteiger partial charge in [0.05, 0.1) is 4.90 Å². The molecule has 2 N–H and O–H groups in total. The molecule has 0 saturated heterocycles. The minimum absolute atomic E-state index is 0.196. The summed E-state index contributed by atoms with van der Waals surface area (Å²) < 4.78 is 27.4. The van der Waals surface area contributed by atoms with Crippen LogP contribution in [0.1, 0.15) is 16.7 Å². The molecule has 0 spiro atoms. The topological polar surface area (TPSA) is 75.3 Å². The molecular weight excluding hydrogens is 384 g/mol. The number of sulfonamides is 1. The van der Waals surface area contributed by atoms with E-state index in [9.17, 15) is 13.2 Å². The van der Waals surface area contributed by atoms with Gasteiger partial charge in [0.1, 0.15) is 0 Å². The van der Waals surface area contributed by atoms with E-state index < -0.39 is 10.0 Å². The summed E-state index contributed by atoms with van der Waals surface area (Å²) in [6, 6.07) is 20.9. The first kappa shape index (κ1) is 20.4. The van der Waals surface area contributed by atoms with Crippen LogP contribution in [0.2, 0.25) is 0 Å². The Hall–Kier alpha value is -3.38. The van der Waals surface area contributed by atoms with Crippen LogP contribution in [0.15, 0.2) is 83.8 Å². The summed E-state index contributed by atoms with van der Waals surface area (Å²) in [4.78, 5) is 12.3. The second-order valence-corrected chi connectivity index (χ2v) is 8.41. The van der Waals surface area contributed by atoms with E-state index in [0.29, 0.717) is 11.4 Å². The molecule has 0 unspecified atom stereocenters. The third kappa shape index (κ3) is 5.80. The number of benzene rings is 3. The second kappa shape index (κ2) is 8.75. The fraction of sp³-hybridized carbons (Fsp3) is 0.0870. The first-order valence-corrected chi connectivity index (χ1v) is 10.6. The number of rotatable bonds is 6. The van der Waals surface area contributed by atoms with Gasteiger partial charge >= 0.3 is 0 Å². The van der Waals surface area contributed by atoms with E-state index in [-0.39, 0.29) is 10.8 Å². The van der Waals surface area contributed by atoms with Crippen molar-refractivity contribution in [3.05, 3.63) is 95.6 Å². The number of carbonyl (C=O) groups is 1. The minimum atomic E-state index is -3.66. The van der Waals surface area contributed by atoms with E-state index in [2.05, 4.69) is 10.0 Å². The molecule has 0 aliphatic rings. The zero-order valence-electron chi connectivity index (χ0n) is 16.2. The molecule has 29 heavy (non-hydrogen) atoms. The molecule has 0 bridgehead atoms.